The van der Waals surface area contributed by atoms with Crippen LogP contribution in [0.5, 0.6) is 0 Å². The predicted octanol–water partition coefficient (Wildman–Crippen LogP) is 4.13. The zero-order chi connectivity index (χ0) is 19.3. The number of fused-ring (bicyclic) bond motifs is 1. The van der Waals surface area contributed by atoms with E-state index in [2.05, 4.69) is 41.2 Å². The van der Waals surface area contributed by atoms with E-state index in [4.69, 9.17) is 9.47 Å². The number of piperidine rings is 1. The quantitative estimate of drug-likeness (QED) is 0.531. The number of hydrogen-bond acceptors (Lipinski definition) is 4. The van der Waals surface area contributed by atoms with Crippen LogP contribution in [0, 0.1) is 5.41 Å². The Balaban J connectivity index is 1.89. The number of para-hydroxylation sites is 1. The van der Waals surface area contributed by atoms with E-state index in [-0.39, 0.29) is 0 Å². The normalized spacial score (nSPS) is 22.9. The molecule has 1 fully saturated rings. The third-order valence-corrected chi connectivity index (χ3v) is 5.96. The number of carbonyl (C=O) groups excluding carboxylic acids is 1. The molecule has 1 saturated heterocycles. The standard InChI is InChI=1S/C22H32N2O3/c1-4-21(17-25)13-9-14-24(22(21,26-5-2)27-6-3)15-12-18-16-23-20-11-8-7-10-19(18)20/h7-8,10-11,16-17,23H,4-6,9,12-15H2,1-3H3. The zero-order valence-corrected chi connectivity index (χ0v) is 16.8. The number of likely N-dealkylation sites (tertiary alicyclic amines) is 1. The minimum absolute atomic E-state index is 0.513. The third-order valence-electron chi connectivity index (χ3n) is 5.96. The Labute approximate surface area is 162 Å². The summed E-state index contributed by atoms with van der Waals surface area (Å²) in [5, 5.41) is 1.25. The molecule has 1 aromatic heterocycles. The summed E-state index contributed by atoms with van der Waals surface area (Å²) in [6.45, 7) is 8.69. The summed E-state index contributed by atoms with van der Waals surface area (Å²) in [5.41, 5.74) is 1.81. The number of H-pyrrole nitrogens is 1. The van der Waals surface area contributed by atoms with E-state index < -0.39 is 11.3 Å². The summed E-state index contributed by atoms with van der Waals surface area (Å²) in [7, 11) is 0. The van der Waals surface area contributed by atoms with Crippen LogP contribution in [0.2, 0.25) is 0 Å². The second-order valence-electron chi connectivity index (χ2n) is 7.28. The molecule has 5 heteroatoms. The Bertz CT molecular complexity index is 751. The molecular formula is C22H32N2O3. The van der Waals surface area contributed by atoms with Gasteiger partial charge in [0.05, 0.1) is 5.41 Å². The largest absolute Gasteiger partial charge is 0.361 e. The first kappa shape index (κ1) is 20.1. The van der Waals surface area contributed by atoms with Crippen LogP contribution in [-0.2, 0) is 20.7 Å². The van der Waals surface area contributed by atoms with E-state index in [1.807, 2.05) is 19.9 Å². The summed E-state index contributed by atoms with van der Waals surface area (Å²) >= 11 is 0. The molecule has 1 unspecified atom stereocenters. The van der Waals surface area contributed by atoms with E-state index >= 15 is 0 Å². The molecule has 5 nitrogen and oxygen atoms in total. The van der Waals surface area contributed by atoms with Gasteiger partial charge in [0.1, 0.15) is 6.29 Å². The fourth-order valence-electron chi connectivity index (χ4n) is 4.58. The van der Waals surface area contributed by atoms with E-state index in [1.54, 1.807) is 0 Å². The molecule has 1 aromatic carbocycles. The van der Waals surface area contributed by atoms with Gasteiger partial charge in [-0.25, -0.2) is 0 Å². The minimum Gasteiger partial charge on any atom is -0.361 e. The lowest BCUT2D eigenvalue weighted by Gasteiger charge is -2.55. The zero-order valence-electron chi connectivity index (χ0n) is 16.8. The van der Waals surface area contributed by atoms with Crippen molar-refractivity contribution in [3.63, 3.8) is 0 Å². The van der Waals surface area contributed by atoms with Gasteiger partial charge in [-0.2, -0.15) is 0 Å². The molecule has 0 aliphatic carbocycles. The van der Waals surface area contributed by atoms with Crippen molar-refractivity contribution in [2.24, 2.45) is 5.41 Å². The topological polar surface area (TPSA) is 54.6 Å². The van der Waals surface area contributed by atoms with E-state index in [1.165, 1.54) is 10.9 Å². The van der Waals surface area contributed by atoms with Crippen LogP contribution in [-0.4, -0.2) is 48.4 Å². The van der Waals surface area contributed by atoms with Gasteiger partial charge < -0.3 is 19.3 Å². The highest BCUT2D eigenvalue weighted by molar-refractivity contribution is 5.83. The molecule has 2 aromatic rings. The summed E-state index contributed by atoms with van der Waals surface area (Å²) in [6.07, 6.45) is 6.53. The molecule has 1 aliphatic rings. The molecular weight excluding hydrogens is 340 g/mol. The molecule has 27 heavy (non-hydrogen) atoms. The molecule has 2 heterocycles. The van der Waals surface area contributed by atoms with Crippen molar-refractivity contribution in [1.29, 1.82) is 0 Å². The van der Waals surface area contributed by atoms with Crippen molar-refractivity contribution < 1.29 is 14.3 Å². The summed E-state index contributed by atoms with van der Waals surface area (Å²) in [6, 6.07) is 8.36. The smallest absolute Gasteiger partial charge is 0.242 e. The lowest BCUT2D eigenvalue weighted by atomic mass is 9.74. The molecule has 3 rings (SSSR count). The first-order valence-electron chi connectivity index (χ1n) is 10.2. The highest BCUT2D eigenvalue weighted by Gasteiger charge is 2.58. The van der Waals surface area contributed by atoms with Crippen molar-refractivity contribution in [1.82, 2.24) is 9.88 Å². The minimum atomic E-state index is -0.975. The fourth-order valence-corrected chi connectivity index (χ4v) is 4.58. The maximum atomic E-state index is 12.2. The van der Waals surface area contributed by atoms with Gasteiger partial charge in [0, 0.05) is 43.4 Å². The van der Waals surface area contributed by atoms with Crippen LogP contribution >= 0.6 is 0 Å². The number of rotatable bonds is 9. The molecule has 0 spiro atoms. The molecule has 1 aliphatic heterocycles. The van der Waals surface area contributed by atoms with E-state index in [9.17, 15) is 4.79 Å². The van der Waals surface area contributed by atoms with Crippen molar-refractivity contribution in [2.45, 2.75) is 52.4 Å². The fraction of sp³-hybridized carbons (Fsp3) is 0.591. The van der Waals surface area contributed by atoms with Gasteiger partial charge in [0.2, 0.25) is 5.91 Å². The van der Waals surface area contributed by atoms with Gasteiger partial charge in [-0.05, 0) is 51.2 Å². The lowest BCUT2D eigenvalue weighted by molar-refractivity contribution is -0.372. The van der Waals surface area contributed by atoms with E-state index in [0.29, 0.717) is 19.6 Å². The SMILES string of the molecule is CCOC1(OCC)N(CCc2c[nH]c3ccccc23)CCCC1(C=O)CC. The van der Waals surface area contributed by atoms with Crippen molar-refractivity contribution >= 4 is 17.2 Å². The highest BCUT2D eigenvalue weighted by atomic mass is 16.7. The second-order valence-corrected chi connectivity index (χ2v) is 7.28. The van der Waals surface area contributed by atoms with Crippen LogP contribution in [0.15, 0.2) is 30.5 Å². The molecule has 0 amide bonds. The monoisotopic (exact) mass is 372 g/mol. The van der Waals surface area contributed by atoms with Crippen LogP contribution in [0.1, 0.15) is 45.6 Å². The Kier molecular flexibility index (Phi) is 6.35. The van der Waals surface area contributed by atoms with Crippen LogP contribution in [0.4, 0.5) is 0 Å². The highest BCUT2D eigenvalue weighted by Crippen LogP contribution is 2.47. The number of ether oxygens (including phenoxy) is 2. The Morgan fingerprint density at radius 1 is 1.19 bits per heavy atom. The summed E-state index contributed by atoms with van der Waals surface area (Å²) in [5.74, 6) is -0.975. The number of aromatic amines is 1. The Morgan fingerprint density at radius 3 is 2.59 bits per heavy atom. The number of benzene rings is 1. The predicted molar refractivity (Wildman–Crippen MR) is 108 cm³/mol. The van der Waals surface area contributed by atoms with E-state index in [0.717, 1.165) is 44.2 Å². The van der Waals surface area contributed by atoms with Crippen LogP contribution < -0.4 is 0 Å². The van der Waals surface area contributed by atoms with Crippen molar-refractivity contribution in [2.75, 3.05) is 26.3 Å². The number of hydrogen-bond donors (Lipinski definition) is 1. The molecule has 0 radical (unpaired) electrons. The average Bonchev–Trinajstić information content (AvgIpc) is 3.11. The average molecular weight is 373 g/mol. The number of nitrogens with one attached hydrogen (secondary N) is 1. The third kappa shape index (κ3) is 3.44. The maximum absolute atomic E-state index is 12.2. The van der Waals surface area contributed by atoms with Crippen LogP contribution in [0.3, 0.4) is 0 Å². The number of nitrogens with zero attached hydrogens (tertiary/aromatic N) is 1. The van der Waals surface area contributed by atoms with Gasteiger partial charge in [0.25, 0.3) is 0 Å². The first-order chi connectivity index (χ1) is 13.2. The van der Waals surface area contributed by atoms with Gasteiger partial charge >= 0.3 is 0 Å². The van der Waals surface area contributed by atoms with Gasteiger partial charge in [-0.1, -0.05) is 25.1 Å². The Hall–Kier alpha value is -1.69. The molecule has 1 atom stereocenters. The van der Waals surface area contributed by atoms with Crippen molar-refractivity contribution in [3.8, 4) is 0 Å². The first-order valence-corrected chi connectivity index (χ1v) is 10.2. The maximum Gasteiger partial charge on any atom is 0.242 e. The molecule has 0 bridgehead atoms. The molecule has 0 saturated carbocycles. The number of carbonyl (C=O) groups is 1. The molecule has 1 N–H and O–H groups in total. The van der Waals surface area contributed by atoms with Gasteiger partial charge in [0.15, 0.2) is 0 Å². The van der Waals surface area contributed by atoms with Crippen LogP contribution in [0.25, 0.3) is 10.9 Å². The number of aldehydes is 1. The Morgan fingerprint density at radius 2 is 1.93 bits per heavy atom. The lowest BCUT2D eigenvalue weighted by Crippen LogP contribution is -2.67. The summed E-state index contributed by atoms with van der Waals surface area (Å²) < 4.78 is 12.5. The summed E-state index contributed by atoms with van der Waals surface area (Å²) in [4.78, 5) is 17.8. The second kappa shape index (κ2) is 8.55. The van der Waals surface area contributed by atoms with Gasteiger partial charge in [-0.3, -0.25) is 4.90 Å². The van der Waals surface area contributed by atoms with Gasteiger partial charge in [-0.15, -0.1) is 0 Å². The van der Waals surface area contributed by atoms with Crippen molar-refractivity contribution in [3.05, 3.63) is 36.0 Å². The number of aromatic nitrogens is 1. The molecule has 148 valence electrons.